The standard InChI is InChI=1S/C17H16N4O/c22-17(14-6-9-18-10-7-14)19-11-8-15-12-20-16(21-15)13-4-2-1-3-5-13/h1-7,9-10,12H,8,11H2,(H,19,22)(H,20,21). The number of aromatic amines is 1. The summed E-state index contributed by atoms with van der Waals surface area (Å²) in [5, 5.41) is 2.88. The number of imidazole rings is 1. The molecule has 0 radical (unpaired) electrons. The molecule has 0 bridgehead atoms. The van der Waals surface area contributed by atoms with E-state index in [0.717, 1.165) is 17.1 Å². The zero-order valence-electron chi connectivity index (χ0n) is 12.0. The van der Waals surface area contributed by atoms with E-state index >= 15 is 0 Å². The highest BCUT2D eigenvalue weighted by Crippen LogP contribution is 2.14. The van der Waals surface area contributed by atoms with E-state index in [2.05, 4.69) is 20.3 Å². The first-order chi connectivity index (χ1) is 10.8. The van der Waals surface area contributed by atoms with Gasteiger partial charge in [0.1, 0.15) is 5.82 Å². The van der Waals surface area contributed by atoms with Crippen LogP contribution in [0.1, 0.15) is 16.1 Å². The zero-order chi connectivity index (χ0) is 15.2. The molecule has 3 aromatic rings. The van der Waals surface area contributed by atoms with Crippen LogP contribution in [0.5, 0.6) is 0 Å². The minimum absolute atomic E-state index is 0.0924. The van der Waals surface area contributed by atoms with Crippen LogP contribution >= 0.6 is 0 Å². The SMILES string of the molecule is O=C(NCCc1cnc(-c2ccccc2)[nH]1)c1ccncc1. The Kier molecular flexibility index (Phi) is 4.25. The van der Waals surface area contributed by atoms with Crippen molar-refractivity contribution in [2.45, 2.75) is 6.42 Å². The summed E-state index contributed by atoms with van der Waals surface area (Å²) in [6, 6.07) is 13.3. The lowest BCUT2D eigenvalue weighted by Gasteiger charge is -2.03. The zero-order valence-corrected chi connectivity index (χ0v) is 12.0. The second kappa shape index (κ2) is 6.67. The molecular weight excluding hydrogens is 276 g/mol. The summed E-state index contributed by atoms with van der Waals surface area (Å²) in [4.78, 5) is 23.4. The lowest BCUT2D eigenvalue weighted by Crippen LogP contribution is -2.25. The summed E-state index contributed by atoms with van der Waals surface area (Å²) < 4.78 is 0. The Morgan fingerprint density at radius 2 is 1.86 bits per heavy atom. The number of benzene rings is 1. The van der Waals surface area contributed by atoms with Crippen molar-refractivity contribution in [2.75, 3.05) is 6.54 Å². The highest BCUT2D eigenvalue weighted by atomic mass is 16.1. The van der Waals surface area contributed by atoms with E-state index in [-0.39, 0.29) is 5.91 Å². The van der Waals surface area contributed by atoms with Gasteiger partial charge in [0.15, 0.2) is 0 Å². The van der Waals surface area contributed by atoms with Crippen LogP contribution < -0.4 is 5.32 Å². The maximum absolute atomic E-state index is 11.9. The maximum Gasteiger partial charge on any atom is 0.251 e. The highest BCUT2D eigenvalue weighted by Gasteiger charge is 2.06. The second-order valence-electron chi connectivity index (χ2n) is 4.86. The fraction of sp³-hybridized carbons (Fsp3) is 0.118. The summed E-state index contributed by atoms with van der Waals surface area (Å²) >= 11 is 0. The molecule has 0 aliphatic carbocycles. The maximum atomic E-state index is 11.9. The van der Waals surface area contributed by atoms with Gasteiger partial charge in [0.05, 0.1) is 0 Å². The average Bonchev–Trinajstić information content (AvgIpc) is 3.05. The van der Waals surface area contributed by atoms with Gasteiger partial charge in [-0.1, -0.05) is 30.3 Å². The molecule has 5 heteroatoms. The van der Waals surface area contributed by atoms with E-state index in [1.807, 2.05) is 30.3 Å². The number of carbonyl (C=O) groups excluding carboxylic acids is 1. The van der Waals surface area contributed by atoms with Crippen molar-refractivity contribution >= 4 is 5.91 Å². The van der Waals surface area contributed by atoms with Gasteiger partial charge in [0, 0.05) is 48.4 Å². The van der Waals surface area contributed by atoms with Gasteiger partial charge in [-0.05, 0) is 12.1 Å². The van der Waals surface area contributed by atoms with E-state index in [1.54, 1.807) is 30.7 Å². The molecule has 2 aromatic heterocycles. The van der Waals surface area contributed by atoms with E-state index in [1.165, 1.54) is 0 Å². The number of aromatic nitrogens is 3. The molecule has 110 valence electrons. The molecule has 22 heavy (non-hydrogen) atoms. The van der Waals surface area contributed by atoms with Crippen molar-refractivity contribution in [1.82, 2.24) is 20.3 Å². The second-order valence-corrected chi connectivity index (χ2v) is 4.86. The van der Waals surface area contributed by atoms with Crippen LogP contribution in [-0.4, -0.2) is 27.4 Å². The van der Waals surface area contributed by atoms with E-state index in [0.29, 0.717) is 18.5 Å². The number of H-pyrrole nitrogens is 1. The monoisotopic (exact) mass is 292 g/mol. The molecule has 0 saturated heterocycles. The van der Waals surface area contributed by atoms with Crippen molar-refractivity contribution in [3.63, 3.8) is 0 Å². The number of hydrogen-bond donors (Lipinski definition) is 2. The third kappa shape index (κ3) is 3.38. The molecule has 2 heterocycles. The van der Waals surface area contributed by atoms with Crippen LogP contribution in [0, 0.1) is 0 Å². The fourth-order valence-electron chi connectivity index (χ4n) is 2.14. The Labute approximate surface area is 128 Å². The van der Waals surface area contributed by atoms with Crippen molar-refractivity contribution in [3.8, 4) is 11.4 Å². The molecule has 0 aliphatic rings. The van der Waals surface area contributed by atoms with E-state index < -0.39 is 0 Å². The molecule has 0 spiro atoms. The van der Waals surface area contributed by atoms with Crippen LogP contribution in [0.4, 0.5) is 0 Å². The van der Waals surface area contributed by atoms with Crippen LogP contribution in [0.2, 0.25) is 0 Å². The van der Waals surface area contributed by atoms with Gasteiger partial charge < -0.3 is 10.3 Å². The van der Waals surface area contributed by atoms with Crippen LogP contribution in [0.25, 0.3) is 11.4 Å². The van der Waals surface area contributed by atoms with Gasteiger partial charge in [-0.3, -0.25) is 9.78 Å². The molecule has 0 unspecified atom stereocenters. The number of carbonyl (C=O) groups is 1. The van der Waals surface area contributed by atoms with Crippen LogP contribution in [0.3, 0.4) is 0 Å². The van der Waals surface area contributed by atoms with E-state index in [4.69, 9.17) is 0 Å². The quantitative estimate of drug-likeness (QED) is 0.759. The first-order valence-corrected chi connectivity index (χ1v) is 7.10. The van der Waals surface area contributed by atoms with Crippen molar-refractivity contribution in [2.24, 2.45) is 0 Å². The molecule has 0 saturated carbocycles. The van der Waals surface area contributed by atoms with Crippen molar-refractivity contribution in [1.29, 1.82) is 0 Å². The van der Waals surface area contributed by atoms with Gasteiger partial charge in [-0.15, -0.1) is 0 Å². The Hall–Kier alpha value is -2.95. The van der Waals surface area contributed by atoms with Gasteiger partial charge in [-0.2, -0.15) is 0 Å². The molecule has 1 amide bonds. The van der Waals surface area contributed by atoms with E-state index in [9.17, 15) is 4.79 Å². The minimum Gasteiger partial charge on any atom is -0.352 e. The average molecular weight is 292 g/mol. The minimum atomic E-state index is -0.0924. The Bertz CT molecular complexity index is 738. The number of nitrogens with zero attached hydrogens (tertiary/aromatic N) is 2. The van der Waals surface area contributed by atoms with Crippen LogP contribution in [-0.2, 0) is 6.42 Å². The number of amides is 1. The lowest BCUT2D eigenvalue weighted by atomic mass is 10.2. The smallest absolute Gasteiger partial charge is 0.251 e. The Morgan fingerprint density at radius 3 is 2.64 bits per heavy atom. The summed E-state index contributed by atoms with van der Waals surface area (Å²) in [7, 11) is 0. The van der Waals surface area contributed by atoms with Crippen LogP contribution in [0.15, 0.2) is 61.1 Å². The summed E-state index contributed by atoms with van der Waals surface area (Å²) in [6.07, 6.45) is 5.73. The molecule has 0 fully saturated rings. The number of rotatable bonds is 5. The molecule has 2 N–H and O–H groups in total. The molecule has 1 aromatic carbocycles. The summed E-state index contributed by atoms with van der Waals surface area (Å²) in [5.74, 6) is 0.751. The van der Waals surface area contributed by atoms with Gasteiger partial charge >= 0.3 is 0 Å². The topological polar surface area (TPSA) is 70.7 Å². The van der Waals surface area contributed by atoms with Gasteiger partial charge in [-0.25, -0.2) is 4.98 Å². The normalized spacial score (nSPS) is 10.4. The van der Waals surface area contributed by atoms with Crippen molar-refractivity contribution in [3.05, 3.63) is 72.3 Å². The first-order valence-electron chi connectivity index (χ1n) is 7.10. The number of nitrogens with one attached hydrogen (secondary N) is 2. The summed E-state index contributed by atoms with van der Waals surface area (Å²) in [5.41, 5.74) is 2.66. The summed E-state index contributed by atoms with van der Waals surface area (Å²) in [6.45, 7) is 0.553. The molecule has 0 atom stereocenters. The molecule has 5 nitrogen and oxygen atoms in total. The third-order valence-electron chi connectivity index (χ3n) is 3.30. The molecule has 0 aliphatic heterocycles. The predicted molar refractivity (Wildman–Crippen MR) is 84.3 cm³/mol. The Morgan fingerprint density at radius 1 is 1.09 bits per heavy atom. The third-order valence-corrected chi connectivity index (χ3v) is 3.30. The fourth-order valence-corrected chi connectivity index (χ4v) is 2.14. The van der Waals surface area contributed by atoms with Gasteiger partial charge in [0.25, 0.3) is 5.91 Å². The Balaban J connectivity index is 1.55. The molecule has 3 rings (SSSR count). The highest BCUT2D eigenvalue weighted by molar-refractivity contribution is 5.93. The predicted octanol–water partition coefficient (Wildman–Crippen LogP) is 2.44. The largest absolute Gasteiger partial charge is 0.352 e. The molecular formula is C17H16N4O. The lowest BCUT2D eigenvalue weighted by molar-refractivity contribution is 0.0954. The van der Waals surface area contributed by atoms with Gasteiger partial charge in [0.2, 0.25) is 0 Å². The first kappa shape index (κ1) is 14.0. The van der Waals surface area contributed by atoms with Crippen molar-refractivity contribution < 1.29 is 4.79 Å². The number of pyridine rings is 1. The number of hydrogen-bond acceptors (Lipinski definition) is 3.